The predicted molar refractivity (Wildman–Crippen MR) is 126 cm³/mol. The van der Waals surface area contributed by atoms with E-state index >= 15 is 0 Å². The molecule has 3 aromatic rings. The molecular weight excluding hydrogens is 459 g/mol. The second kappa shape index (κ2) is 9.80. The van der Waals surface area contributed by atoms with Crippen molar-refractivity contribution in [1.82, 2.24) is 4.98 Å². The Kier molecular flexibility index (Phi) is 6.83. The van der Waals surface area contributed by atoms with E-state index in [1.54, 1.807) is 18.2 Å². The molecule has 1 heterocycles. The van der Waals surface area contributed by atoms with E-state index in [4.69, 9.17) is 9.84 Å². The van der Waals surface area contributed by atoms with Crippen molar-refractivity contribution in [3.8, 4) is 5.75 Å². The highest BCUT2D eigenvalue weighted by Gasteiger charge is 2.30. The molecule has 178 valence electrons. The lowest BCUT2D eigenvalue weighted by Crippen LogP contribution is -2.36. The predicted octanol–water partition coefficient (Wildman–Crippen LogP) is 4.40. The molecule has 0 amide bonds. The highest BCUT2D eigenvalue weighted by molar-refractivity contribution is 7.92. The maximum absolute atomic E-state index is 14.2. The van der Waals surface area contributed by atoms with Crippen molar-refractivity contribution in [2.45, 2.75) is 43.9 Å². The van der Waals surface area contributed by atoms with Gasteiger partial charge in [-0.15, -0.1) is 0 Å². The van der Waals surface area contributed by atoms with Crippen LogP contribution in [0.3, 0.4) is 0 Å². The number of aryl methyl sites for hydroxylation is 2. The number of hydrogen-bond donors (Lipinski definition) is 1. The number of halogens is 1. The lowest BCUT2D eigenvalue weighted by Gasteiger charge is -2.27. The van der Waals surface area contributed by atoms with Crippen molar-refractivity contribution in [3.05, 3.63) is 83.2 Å². The van der Waals surface area contributed by atoms with Gasteiger partial charge in [0.1, 0.15) is 23.4 Å². The molecule has 0 bridgehead atoms. The minimum absolute atomic E-state index is 0.0358. The Hall–Kier alpha value is -3.46. The molecule has 0 radical (unpaired) electrons. The largest absolute Gasteiger partial charge is 0.487 e. The van der Waals surface area contributed by atoms with Crippen molar-refractivity contribution in [2.24, 2.45) is 0 Å². The number of nitrogens with zero attached hydrogens (tertiary/aromatic N) is 2. The number of aromatic carboxylic acids is 1. The number of alkyl halides is 1. The Bertz CT molecular complexity index is 1280. The number of carbonyl (C=O) groups is 1. The van der Waals surface area contributed by atoms with E-state index < -0.39 is 22.2 Å². The van der Waals surface area contributed by atoms with Crippen molar-refractivity contribution < 1.29 is 27.4 Å². The molecule has 0 unspecified atom stereocenters. The number of pyridine rings is 1. The van der Waals surface area contributed by atoms with E-state index in [-0.39, 0.29) is 29.3 Å². The zero-order valence-electron chi connectivity index (χ0n) is 18.6. The van der Waals surface area contributed by atoms with Crippen LogP contribution in [0.25, 0.3) is 0 Å². The maximum Gasteiger partial charge on any atom is 0.335 e. The number of anilines is 1. The molecule has 1 aromatic heterocycles. The number of ether oxygens (including phenoxy) is 1. The first kappa shape index (κ1) is 23.7. The number of sulfonamides is 1. The van der Waals surface area contributed by atoms with Crippen molar-refractivity contribution >= 4 is 21.7 Å². The standard InChI is InChI=1S/C25H25FN2O5S/c1-17(26)15-28(34(31,32)22-6-3-11-27-14-22)23-12-20-4-2-5-21(20)13-24(23)33-16-18-7-9-19(10-8-18)25(29)30/h3,6-14,17H,2,4-5,15-16H2,1H3,(H,29,30)/t17-/m1/s1. The van der Waals surface area contributed by atoms with Gasteiger partial charge < -0.3 is 9.84 Å². The molecule has 0 aliphatic heterocycles. The van der Waals surface area contributed by atoms with Crippen LogP contribution in [0.2, 0.25) is 0 Å². The normalized spacial score (nSPS) is 13.8. The Labute approximate surface area is 197 Å². The maximum atomic E-state index is 14.2. The second-order valence-electron chi connectivity index (χ2n) is 8.24. The summed E-state index contributed by atoms with van der Waals surface area (Å²) in [6.45, 7) is 1.03. The smallest absolute Gasteiger partial charge is 0.335 e. The molecule has 7 nitrogen and oxygen atoms in total. The summed E-state index contributed by atoms with van der Waals surface area (Å²) in [6.07, 6.45) is 3.91. The number of fused-ring (bicyclic) bond motifs is 1. The monoisotopic (exact) mass is 484 g/mol. The van der Waals surface area contributed by atoms with Gasteiger partial charge in [0.15, 0.2) is 0 Å². The molecule has 0 saturated carbocycles. The lowest BCUT2D eigenvalue weighted by atomic mass is 10.1. The summed E-state index contributed by atoms with van der Waals surface area (Å²) in [6, 6.07) is 12.8. The first-order valence-corrected chi connectivity index (χ1v) is 12.4. The molecule has 1 N–H and O–H groups in total. The van der Waals surface area contributed by atoms with Crippen LogP contribution in [0.5, 0.6) is 5.75 Å². The fourth-order valence-electron chi connectivity index (χ4n) is 3.98. The fourth-order valence-corrected chi connectivity index (χ4v) is 5.49. The van der Waals surface area contributed by atoms with Gasteiger partial charge in [-0.2, -0.15) is 0 Å². The van der Waals surface area contributed by atoms with Gasteiger partial charge in [-0.25, -0.2) is 17.6 Å². The number of benzene rings is 2. The highest BCUT2D eigenvalue weighted by Crippen LogP contribution is 2.39. The van der Waals surface area contributed by atoms with Gasteiger partial charge >= 0.3 is 5.97 Å². The van der Waals surface area contributed by atoms with E-state index in [2.05, 4.69) is 4.98 Å². The third kappa shape index (κ3) is 5.04. The number of rotatable bonds is 9. The van der Waals surface area contributed by atoms with Gasteiger partial charge in [0.05, 0.1) is 17.8 Å². The van der Waals surface area contributed by atoms with Crippen LogP contribution < -0.4 is 9.04 Å². The third-order valence-electron chi connectivity index (χ3n) is 5.68. The molecule has 1 aliphatic carbocycles. The van der Waals surface area contributed by atoms with Crippen LogP contribution in [0.1, 0.15) is 40.4 Å². The Morgan fingerprint density at radius 3 is 2.50 bits per heavy atom. The number of aromatic nitrogens is 1. The number of hydrogen-bond acceptors (Lipinski definition) is 5. The topological polar surface area (TPSA) is 96.8 Å². The first-order valence-electron chi connectivity index (χ1n) is 10.9. The molecule has 1 aliphatic rings. The number of carboxylic acids is 1. The van der Waals surface area contributed by atoms with Crippen LogP contribution in [0.4, 0.5) is 10.1 Å². The van der Waals surface area contributed by atoms with Crippen LogP contribution in [-0.2, 0) is 29.5 Å². The SMILES string of the molecule is C[C@@H](F)CN(c1cc2c(cc1OCc1ccc(C(=O)O)cc1)CCC2)S(=O)(=O)c1cccnc1. The minimum atomic E-state index is -4.10. The highest BCUT2D eigenvalue weighted by atomic mass is 32.2. The fraction of sp³-hybridized carbons (Fsp3) is 0.280. The van der Waals surface area contributed by atoms with Gasteiger partial charge in [0.25, 0.3) is 10.0 Å². The van der Waals surface area contributed by atoms with Crippen LogP contribution in [0, 0.1) is 0 Å². The molecular formula is C25H25FN2O5S. The quantitative estimate of drug-likeness (QED) is 0.484. The van der Waals surface area contributed by atoms with Gasteiger partial charge in [0.2, 0.25) is 0 Å². The van der Waals surface area contributed by atoms with E-state index in [1.807, 2.05) is 6.07 Å². The Morgan fingerprint density at radius 2 is 1.88 bits per heavy atom. The average molecular weight is 485 g/mol. The van der Waals surface area contributed by atoms with E-state index in [1.165, 1.54) is 43.6 Å². The van der Waals surface area contributed by atoms with Crippen LogP contribution in [0.15, 0.2) is 65.8 Å². The number of carboxylic acid groups (broad SMARTS) is 1. The van der Waals surface area contributed by atoms with Crippen LogP contribution in [-0.4, -0.2) is 37.2 Å². The summed E-state index contributed by atoms with van der Waals surface area (Å²) in [5, 5.41) is 9.08. The molecule has 0 fully saturated rings. The second-order valence-corrected chi connectivity index (χ2v) is 10.1. The van der Waals surface area contributed by atoms with E-state index in [0.29, 0.717) is 5.75 Å². The molecule has 0 spiro atoms. The summed E-state index contributed by atoms with van der Waals surface area (Å²) in [7, 11) is -4.10. The summed E-state index contributed by atoms with van der Waals surface area (Å²) in [4.78, 5) is 15.0. The molecule has 9 heteroatoms. The Morgan fingerprint density at radius 1 is 1.18 bits per heavy atom. The van der Waals surface area contributed by atoms with Crippen LogP contribution >= 0.6 is 0 Å². The van der Waals surface area contributed by atoms with E-state index in [9.17, 15) is 17.6 Å². The molecule has 34 heavy (non-hydrogen) atoms. The Balaban J connectivity index is 1.73. The van der Waals surface area contributed by atoms with Gasteiger partial charge in [-0.1, -0.05) is 12.1 Å². The summed E-state index contributed by atoms with van der Waals surface area (Å²) < 4.78 is 48.3. The zero-order valence-corrected chi connectivity index (χ0v) is 19.5. The average Bonchev–Trinajstić information content (AvgIpc) is 3.28. The molecule has 2 aromatic carbocycles. The summed E-state index contributed by atoms with van der Waals surface area (Å²) in [5.74, 6) is -0.693. The van der Waals surface area contributed by atoms with Gasteiger partial charge in [-0.05, 0) is 79.3 Å². The van der Waals surface area contributed by atoms with Gasteiger partial charge in [0, 0.05) is 12.4 Å². The zero-order chi connectivity index (χ0) is 24.3. The third-order valence-corrected chi connectivity index (χ3v) is 7.44. The van der Waals surface area contributed by atoms with Crippen molar-refractivity contribution in [2.75, 3.05) is 10.8 Å². The summed E-state index contributed by atoms with van der Waals surface area (Å²) >= 11 is 0. The van der Waals surface area contributed by atoms with Crippen molar-refractivity contribution in [3.63, 3.8) is 0 Å². The molecule has 4 rings (SSSR count). The summed E-state index contributed by atoms with van der Waals surface area (Å²) in [5.41, 5.74) is 3.25. The van der Waals surface area contributed by atoms with Crippen molar-refractivity contribution in [1.29, 1.82) is 0 Å². The molecule has 0 saturated heterocycles. The van der Waals surface area contributed by atoms with E-state index in [0.717, 1.165) is 40.3 Å². The lowest BCUT2D eigenvalue weighted by molar-refractivity contribution is 0.0696. The molecule has 1 atom stereocenters. The van der Waals surface area contributed by atoms with Gasteiger partial charge in [-0.3, -0.25) is 9.29 Å². The minimum Gasteiger partial charge on any atom is -0.487 e. The first-order chi connectivity index (χ1) is 16.3.